The van der Waals surface area contributed by atoms with Gasteiger partial charge in [-0.15, -0.1) is 24.0 Å². The molecule has 136 valence electrons. The molecular formula is C17H23IN4O3. The van der Waals surface area contributed by atoms with Crippen molar-refractivity contribution in [3.63, 3.8) is 0 Å². The number of guanidine groups is 1. The molecule has 2 rings (SSSR count). The average molecular weight is 458 g/mol. The molecule has 0 amide bonds. The highest BCUT2D eigenvalue weighted by molar-refractivity contribution is 14.0. The van der Waals surface area contributed by atoms with Gasteiger partial charge in [-0.2, -0.15) is 0 Å². The van der Waals surface area contributed by atoms with Crippen molar-refractivity contribution in [3.8, 4) is 17.4 Å². The van der Waals surface area contributed by atoms with Gasteiger partial charge in [-0.3, -0.25) is 4.99 Å². The van der Waals surface area contributed by atoms with Crippen LogP contribution < -0.4 is 24.8 Å². The van der Waals surface area contributed by atoms with Gasteiger partial charge >= 0.3 is 0 Å². The molecule has 0 aliphatic carbocycles. The number of anilines is 1. The molecular weight excluding hydrogens is 435 g/mol. The molecule has 0 aliphatic rings. The summed E-state index contributed by atoms with van der Waals surface area (Å²) in [7, 11) is 6.50. The molecule has 0 aliphatic heterocycles. The minimum absolute atomic E-state index is 0. The van der Waals surface area contributed by atoms with Crippen LogP contribution in [0.15, 0.2) is 41.4 Å². The van der Waals surface area contributed by atoms with E-state index in [1.54, 1.807) is 34.4 Å². The lowest BCUT2D eigenvalue weighted by Crippen LogP contribution is -2.30. The fourth-order valence-corrected chi connectivity index (χ4v) is 2.07. The molecule has 2 N–H and O–H groups in total. The highest BCUT2D eigenvalue weighted by Crippen LogP contribution is 2.29. The lowest BCUT2D eigenvalue weighted by atomic mass is 10.2. The van der Waals surface area contributed by atoms with E-state index in [0.29, 0.717) is 29.9 Å². The second-order valence-corrected chi connectivity index (χ2v) is 4.79. The summed E-state index contributed by atoms with van der Waals surface area (Å²) in [5.41, 5.74) is 1.68. The first kappa shape index (κ1) is 20.8. The number of methoxy groups -OCH3 is 3. The molecule has 0 fully saturated rings. The van der Waals surface area contributed by atoms with E-state index in [0.717, 1.165) is 11.4 Å². The van der Waals surface area contributed by atoms with Gasteiger partial charge in [-0.25, -0.2) is 4.98 Å². The Bertz CT molecular complexity index is 710. The number of rotatable bonds is 6. The average Bonchev–Trinajstić information content (AvgIpc) is 2.64. The number of aliphatic imine (C=N–C) groups is 1. The van der Waals surface area contributed by atoms with Gasteiger partial charge in [0.1, 0.15) is 0 Å². The molecule has 7 nitrogen and oxygen atoms in total. The van der Waals surface area contributed by atoms with Gasteiger partial charge in [0, 0.05) is 24.9 Å². The standard InChI is InChI=1S/C17H22N4O3.HI/c1-18-17(19-11-13-6-5-7-16(20-13)24-4)21-12-8-9-14(22-2)15(10-12)23-3;/h5-10H,11H2,1-4H3,(H2,18,19,21);1H. The maximum absolute atomic E-state index is 5.30. The van der Waals surface area contributed by atoms with E-state index >= 15 is 0 Å². The molecule has 0 bridgehead atoms. The number of pyridine rings is 1. The molecule has 1 aromatic heterocycles. The molecule has 1 heterocycles. The number of hydrogen-bond donors (Lipinski definition) is 2. The Kier molecular flexibility index (Phi) is 8.82. The molecule has 2 aromatic rings. The summed E-state index contributed by atoms with van der Waals surface area (Å²) in [6, 6.07) is 11.2. The van der Waals surface area contributed by atoms with Gasteiger partial charge < -0.3 is 24.8 Å². The van der Waals surface area contributed by atoms with E-state index in [2.05, 4.69) is 20.6 Å². The predicted octanol–water partition coefficient (Wildman–Crippen LogP) is 2.91. The van der Waals surface area contributed by atoms with Crippen molar-refractivity contribution in [1.82, 2.24) is 10.3 Å². The van der Waals surface area contributed by atoms with Crippen molar-refractivity contribution in [2.24, 2.45) is 4.99 Å². The largest absolute Gasteiger partial charge is 0.493 e. The third-order valence-corrected chi connectivity index (χ3v) is 3.30. The number of nitrogens with one attached hydrogen (secondary N) is 2. The fourth-order valence-electron chi connectivity index (χ4n) is 2.07. The third-order valence-electron chi connectivity index (χ3n) is 3.30. The molecule has 0 spiro atoms. The maximum atomic E-state index is 5.30. The second kappa shape index (κ2) is 10.6. The first-order chi connectivity index (χ1) is 11.7. The molecule has 0 unspecified atom stereocenters. The van der Waals surface area contributed by atoms with E-state index in [4.69, 9.17) is 14.2 Å². The van der Waals surface area contributed by atoms with E-state index in [1.165, 1.54) is 0 Å². The van der Waals surface area contributed by atoms with E-state index in [-0.39, 0.29) is 24.0 Å². The van der Waals surface area contributed by atoms with Gasteiger partial charge in [0.15, 0.2) is 17.5 Å². The van der Waals surface area contributed by atoms with Crippen molar-refractivity contribution in [3.05, 3.63) is 42.1 Å². The zero-order chi connectivity index (χ0) is 17.4. The number of nitrogens with zero attached hydrogens (tertiary/aromatic N) is 2. The molecule has 1 aromatic carbocycles. The van der Waals surface area contributed by atoms with Crippen LogP contribution >= 0.6 is 24.0 Å². The highest BCUT2D eigenvalue weighted by atomic mass is 127. The summed E-state index contributed by atoms with van der Waals surface area (Å²) in [5.74, 6) is 2.52. The summed E-state index contributed by atoms with van der Waals surface area (Å²) in [5, 5.41) is 6.40. The van der Waals surface area contributed by atoms with E-state index < -0.39 is 0 Å². The summed E-state index contributed by atoms with van der Waals surface area (Å²) in [6.07, 6.45) is 0. The number of halogens is 1. The Hall–Kier alpha value is -2.23. The van der Waals surface area contributed by atoms with Crippen LogP contribution in [0.2, 0.25) is 0 Å². The zero-order valence-electron chi connectivity index (χ0n) is 14.7. The predicted molar refractivity (Wildman–Crippen MR) is 110 cm³/mol. The third kappa shape index (κ3) is 5.96. The van der Waals surface area contributed by atoms with Gasteiger partial charge in [0.2, 0.25) is 5.88 Å². The summed E-state index contributed by atoms with van der Waals surface area (Å²) < 4.78 is 15.6. The second-order valence-electron chi connectivity index (χ2n) is 4.79. The number of ether oxygens (including phenoxy) is 3. The van der Waals surface area contributed by atoms with Crippen molar-refractivity contribution >= 4 is 35.6 Å². The maximum Gasteiger partial charge on any atom is 0.213 e. The van der Waals surface area contributed by atoms with Crippen molar-refractivity contribution in [1.29, 1.82) is 0 Å². The summed E-state index contributed by atoms with van der Waals surface area (Å²) in [4.78, 5) is 8.55. The fraction of sp³-hybridized carbons (Fsp3) is 0.294. The lowest BCUT2D eigenvalue weighted by molar-refractivity contribution is 0.355. The van der Waals surface area contributed by atoms with Crippen molar-refractivity contribution < 1.29 is 14.2 Å². The Labute approximate surface area is 164 Å². The van der Waals surface area contributed by atoms with E-state index in [9.17, 15) is 0 Å². The quantitative estimate of drug-likeness (QED) is 0.394. The van der Waals surface area contributed by atoms with Gasteiger partial charge in [0.25, 0.3) is 0 Å². The van der Waals surface area contributed by atoms with Crippen LogP contribution in [0.1, 0.15) is 5.69 Å². The highest BCUT2D eigenvalue weighted by Gasteiger charge is 2.06. The number of aromatic nitrogens is 1. The minimum Gasteiger partial charge on any atom is -0.493 e. The van der Waals surface area contributed by atoms with Crippen molar-refractivity contribution in [2.75, 3.05) is 33.7 Å². The normalized spacial score (nSPS) is 10.5. The molecule has 0 radical (unpaired) electrons. The van der Waals surface area contributed by atoms with Gasteiger partial charge in [0.05, 0.1) is 33.6 Å². The van der Waals surface area contributed by atoms with E-state index in [1.807, 2.05) is 30.3 Å². The van der Waals surface area contributed by atoms with Crippen LogP contribution in [0.3, 0.4) is 0 Å². The van der Waals surface area contributed by atoms with Crippen LogP contribution in [0.4, 0.5) is 5.69 Å². The van der Waals surface area contributed by atoms with Gasteiger partial charge in [-0.05, 0) is 18.2 Å². The first-order valence-electron chi connectivity index (χ1n) is 7.39. The van der Waals surface area contributed by atoms with Crippen LogP contribution in [-0.2, 0) is 6.54 Å². The van der Waals surface area contributed by atoms with Crippen LogP contribution in [-0.4, -0.2) is 39.3 Å². The Morgan fingerprint density at radius 2 is 1.80 bits per heavy atom. The lowest BCUT2D eigenvalue weighted by Gasteiger charge is -2.14. The van der Waals surface area contributed by atoms with Crippen LogP contribution in [0.25, 0.3) is 0 Å². The first-order valence-corrected chi connectivity index (χ1v) is 7.39. The Morgan fingerprint density at radius 1 is 1.04 bits per heavy atom. The number of hydrogen-bond acceptors (Lipinski definition) is 5. The Morgan fingerprint density at radius 3 is 2.44 bits per heavy atom. The topological polar surface area (TPSA) is 77.0 Å². The summed E-state index contributed by atoms with van der Waals surface area (Å²) in [6.45, 7) is 0.518. The van der Waals surface area contributed by atoms with Crippen LogP contribution in [0.5, 0.6) is 17.4 Å². The number of benzene rings is 1. The van der Waals surface area contributed by atoms with Crippen molar-refractivity contribution in [2.45, 2.75) is 6.54 Å². The molecule has 0 atom stereocenters. The Balaban J connectivity index is 0.00000312. The molecule has 0 saturated carbocycles. The SMILES string of the molecule is CN=C(NCc1cccc(OC)n1)Nc1ccc(OC)c(OC)c1.I. The minimum atomic E-state index is 0. The molecule has 8 heteroatoms. The smallest absolute Gasteiger partial charge is 0.213 e. The molecule has 0 saturated heterocycles. The monoisotopic (exact) mass is 458 g/mol. The van der Waals surface area contributed by atoms with Crippen LogP contribution in [0, 0.1) is 0 Å². The van der Waals surface area contributed by atoms with Gasteiger partial charge in [-0.1, -0.05) is 6.07 Å². The summed E-state index contributed by atoms with van der Waals surface area (Å²) >= 11 is 0. The molecule has 25 heavy (non-hydrogen) atoms. The zero-order valence-corrected chi connectivity index (χ0v) is 17.0.